The molecular weight excluding hydrogens is 296 g/mol. The Hall–Kier alpha value is -3.02. The minimum Gasteiger partial charge on any atom is -0.508 e. The molecule has 0 spiro atoms. The van der Waals surface area contributed by atoms with Gasteiger partial charge in [-0.25, -0.2) is 4.79 Å². The van der Waals surface area contributed by atoms with Crippen molar-refractivity contribution in [2.24, 2.45) is 0 Å². The average molecular weight is 314 g/mol. The number of carbonyl (C=O) groups is 2. The summed E-state index contributed by atoms with van der Waals surface area (Å²) in [5.41, 5.74) is 1.75. The van der Waals surface area contributed by atoms with Gasteiger partial charge in [-0.05, 0) is 35.9 Å². The Bertz CT molecular complexity index is 715. The van der Waals surface area contributed by atoms with Gasteiger partial charge in [0.05, 0.1) is 7.11 Å². The van der Waals surface area contributed by atoms with Crippen LogP contribution in [0.3, 0.4) is 0 Å². The van der Waals surface area contributed by atoms with Crippen molar-refractivity contribution in [1.82, 2.24) is 4.90 Å². The van der Waals surface area contributed by atoms with E-state index in [2.05, 4.69) is 10.1 Å². The minimum absolute atomic E-state index is 0.160. The molecule has 6 nitrogen and oxygen atoms in total. The van der Waals surface area contributed by atoms with E-state index in [1.54, 1.807) is 49.5 Å². The van der Waals surface area contributed by atoms with Gasteiger partial charge < -0.3 is 14.7 Å². The van der Waals surface area contributed by atoms with Crippen molar-refractivity contribution in [2.45, 2.75) is 6.54 Å². The fourth-order valence-corrected chi connectivity index (χ4v) is 2.12. The van der Waals surface area contributed by atoms with Crippen LogP contribution in [0.5, 0.6) is 5.75 Å². The molecule has 2 aromatic carbocycles. The van der Waals surface area contributed by atoms with Crippen LogP contribution in [0.15, 0.2) is 48.5 Å². The summed E-state index contributed by atoms with van der Waals surface area (Å²) in [6.07, 6.45) is -0.595. The largest absolute Gasteiger partial charge is 0.508 e. The van der Waals surface area contributed by atoms with Gasteiger partial charge in [-0.3, -0.25) is 10.1 Å². The molecule has 0 fully saturated rings. The zero-order valence-electron chi connectivity index (χ0n) is 12.9. The molecular formula is C17H18N2O4. The molecule has 0 saturated carbocycles. The van der Waals surface area contributed by atoms with Crippen molar-refractivity contribution in [1.29, 1.82) is 0 Å². The van der Waals surface area contributed by atoms with Gasteiger partial charge in [-0.2, -0.15) is 0 Å². The molecule has 0 aliphatic heterocycles. The number of benzene rings is 2. The highest BCUT2D eigenvalue weighted by atomic mass is 16.5. The van der Waals surface area contributed by atoms with Gasteiger partial charge in [0.25, 0.3) is 5.91 Å². The number of hydrogen-bond acceptors (Lipinski definition) is 4. The molecule has 0 unspecified atom stereocenters. The van der Waals surface area contributed by atoms with Gasteiger partial charge in [-0.15, -0.1) is 0 Å². The lowest BCUT2D eigenvalue weighted by atomic mass is 10.1. The summed E-state index contributed by atoms with van der Waals surface area (Å²) in [5, 5.41) is 12.0. The molecule has 0 aliphatic carbocycles. The normalized spacial score (nSPS) is 10.0. The van der Waals surface area contributed by atoms with E-state index in [-0.39, 0.29) is 11.7 Å². The van der Waals surface area contributed by atoms with E-state index in [9.17, 15) is 14.7 Å². The second kappa shape index (κ2) is 7.31. The number of methoxy groups -OCH3 is 1. The first-order valence-corrected chi connectivity index (χ1v) is 6.98. The highest BCUT2D eigenvalue weighted by Crippen LogP contribution is 2.16. The summed E-state index contributed by atoms with van der Waals surface area (Å²) < 4.78 is 4.52. The Morgan fingerprint density at radius 1 is 1.17 bits per heavy atom. The van der Waals surface area contributed by atoms with E-state index >= 15 is 0 Å². The standard InChI is InChI=1S/C17H18N2O4/c1-19(11-12-5-3-8-15(20)9-12)16(21)13-6-4-7-14(10-13)18-17(22)23-2/h3-10,20H,11H2,1-2H3,(H,18,22). The zero-order chi connectivity index (χ0) is 16.8. The maximum Gasteiger partial charge on any atom is 0.411 e. The van der Waals surface area contributed by atoms with Crippen LogP contribution in [0.2, 0.25) is 0 Å². The van der Waals surface area contributed by atoms with Crippen molar-refractivity contribution >= 4 is 17.7 Å². The molecule has 120 valence electrons. The van der Waals surface area contributed by atoms with Crippen LogP contribution in [0.25, 0.3) is 0 Å². The maximum atomic E-state index is 12.5. The Morgan fingerprint density at radius 2 is 1.91 bits per heavy atom. The van der Waals surface area contributed by atoms with Crippen LogP contribution in [-0.2, 0) is 11.3 Å². The number of carbonyl (C=O) groups excluding carboxylic acids is 2. The number of anilines is 1. The number of rotatable bonds is 4. The van der Waals surface area contributed by atoms with Gasteiger partial charge in [-0.1, -0.05) is 18.2 Å². The summed E-state index contributed by atoms with van der Waals surface area (Å²) in [6, 6.07) is 13.3. The first-order chi connectivity index (χ1) is 11.0. The fourth-order valence-electron chi connectivity index (χ4n) is 2.12. The fraction of sp³-hybridized carbons (Fsp3) is 0.176. The predicted octanol–water partition coefficient (Wildman–Crippen LogP) is 2.84. The molecule has 0 bridgehead atoms. The van der Waals surface area contributed by atoms with Gasteiger partial charge in [0, 0.05) is 24.8 Å². The zero-order valence-corrected chi connectivity index (χ0v) is 12.9. The van der Waals surface area contributed by atoms with Crippen LogP contribution in [0.4, 0.5) is 10.5 Å². The molecule has 0 aliphatic rings. The topological polar surface area (TPSA) is 78.9 Å². The highest BCUT2D eigenvalue weighted by molar-refractivity contribution is 5.96. The molecule has 0 atom stereocenters. The second-order valence-electron chi connectivity index (χ2n) is 5.03. The number of ether oxygens (including phenoxy) is 1. The SMILES string of the molecule is COC(=O)Nc1cccc(C(=O)N(C)Cc2cccc(O)c2)c1. The third kappa shape index (κ3) is 4.47. The Morgan fingerprint density at radius 3 is 2.61 bits per heavy atom. The van der Waals surface area contributed by atoms with E-state index < -0.39 is 6.09 Å². The van der Waals surface area contributed by atoms with Crippen molar-refractivity contribution in [2.75, 3.05) is 19.5 Å². The Labute approximate surface area is 134 Å². The predicted molar refractivity (Wildman–Crippen MR) is 86.4 cm³/mol. The van der Waals surface area contributed by atoms with Gasteiger partial charge in [0.1, 0.15) is 5.75 Å². The summed E-state index contributed by atoms with van der Waals surface area (Å²) in [4.78, 5) is 25.2. The third-order valence-corrected chi connectivity index (χ3v) is 3.22. The quantitative estimate of drug-likeness (QED) is 0.909. The van der Waals surface area contributed by atoms with Gasteiger partial charge >= 0.3 is 6.09 Å². The molecule has 23 heavy (non-hydrogen) atoms. The molecule has 2 rings (SSSR count). The van der Waals surface area contributed by atoms with E-state index in [0.717, 1.165) is 5.56 Å². The van der Waals surface area contributed by atoms with Crippen molar-refractivity contribution < 1.29 is 19.4 Å². The van der Waals surface area contributed by atoms with Crippen LogP contribution >= 0.6 is 0 Å². The van der Waals surface area contributed by atoms with Crippen LogP contribution in [-0.4, -0.2) is 36.2 Å². The number of phenols is 1. The van der Waals surface area contributed by atoms with Crippen LogP contribution in [0.1, 0.15) is 15.9 Å². The van der Waals surface area contributed by atoms with Crippen molar-refractivity contribution in [3.8, 4) is 5.75 Å². The molecule has 2 N–H and O–H groups in total. The first kappa shape index (κ1) is 16.4. The monoisotopic (exact) mass is 314 g/mol. The number of phenolic OH excluding ortho intramolecular Hbond substituents is 1. The smallest absolute Gasteiger partial charge is 0.411 e. The molecule has 0 heterocycles. The molecule has 2 aromatic rings. The second-order valence-corrected chi connectivity index (χ2v) is 5.03. The van der Waals surface area contributed by atoms with E-state index in [4.69, 9.17) is 0 Å². The summed E-state index contributed by atoms with van der Waals surface area (Å²) in [5.74, 6) is -0.0329. The van der Waals surface area contributed by atoms with Gasteiger partial charge in [0.15, 0.2) is 0 Å². The highest BCUT2D eigenvalue weighted by Gasteiger charge is 2.13. The molecule has 0 radical (unpaired) electrons. The third-order valence-electron chi connectivity index (χ3n) is 3.22. The van der Waals surface area contributed by atoms with Crippen molar-refractivity contribution in [3.63, 3.8) is 0 Å². The maximum absolute atomic E-state index is 12.5. The molecule has 6 heteroatoms. The number of nitrogens with one attached hydrogen (secondary N) is 1. The lowest BCUT2D eigenvalue weighted by Gasteiger charge is -2.18. The van der Waals surface area contributed by atoms with Gasteiger partial charge in [0.2, 0.25) is 0 Å². The van der Waals surface area contributed by atoms with E-state index in [1.807, 2.05) is 6.07 Å². The van der Waals surface area contributed by atoms with Crippen molar-refractivity contribution in [3.05, 3.63) is 59.7 Å². The Kier molecular flexibility index (Phi) is 5.19. The van der Waals surface area contributed by atoms with E-state index in [0.29, 0.717) is 17.8 Å². The summed E-state index contributed by atoms with van der Waals surface area (Å²) in [7, 11) is 2.94. The Balaban J connectivity index is 2.10. The van der Waals surface area contributed by atoms with Crippen LogP contribution < -0.4 is 5.32 Å². The average Bonchev–Trinajstić information content (AvgIpc) is 2.54. The van der Waals surface area contributed by atoms with Crippen LogP contribution in [0, 0.1) is 0 Å². The lowest BCUT2D eigenvalue weighted by Crippen LogP contribution is -2.26. The molecule has 0 aromatic heterocycles. The number of hydrogen-bond donors (Lipinski definition) is 2. The number of nitrogens with zero attached hydrogens (tertiary/aromatic N) is 1. The molecule has 0 saturated heterocycles. The summed E-state index contributed by atoms with van der Waals surface area (Å²) in [6.45, 7) is 0.363. The van der Waals surface area contributed by atoms with E-state index in [1.165, 1.54) is 12.0 Å². The number of amides is 2. The number of aromatic hydroxyl groups is 1. The lowest BCUT2D eigenvalue weighted by molar-refractivity contribution is 0.0785. The first-order valence-electron chi connectivity index (χ1n) is 6.98. The minimum atomic E-state index is -0.595. The summed E-state index contributed by atoms with van der Waals surface area (Å²) >= 11 is 0. The molecule has 2 amide bonds.